The summed E-state index contributed by atoms with van der Waals surface area (Å²) in [4.78, 5) is 11.0. The molecule has 16 heavy (non-hydrogen) atoms. The number of ketones is 1. The van der Waals surface area contributed by atoms with Crippen molar-refractivity contribution in [1.29, 1.82) is 0 Å². The van der Waals surface area contributed by atoms with Crippen molar-refractivity contribution in [1.82, 2.24) is 0 Å². The van der Waals surface area contributed by atoms with Crippen LogP contribution in [-0.4, -0.2) is 19.5 Å². The van der Waals surface area contributed by atoms with E-state index in [9.17, 15) is 4.79 Å². The Morgan fingerprint density at radius 1 is 1.50 bits per heavy atom. The molecule has 0 amide bonds. The lowest BCUT2D eigenvalue weighted by Gasteiger charge is -2.15. The number of methoxy groups -OCH3 is 1. The largest absolute Gasteiger partial charge is 0.493 e. The molecule has 0 aromatic heterocycles. The molecule has 1 aromatic carbocycles. The zero-order valence-corrected chi connectivity index (χ0v) is 11.2. The van der Waals surface area contributed by atoms with Crippen molar-refractivity contribution in [2.24, 2.45) is 0 Å². The van der Waals surface area contributed by atoms with E-state index in [0.29, 0.717) is 18.1 Å². The van der Waals surface area contributed by atoms with Crippen LogP contribution < -0.4 is 9.47 Å². The van der Waals surface area contributed by atoms with Gasteiger partial charge in [-0.3, -0.25) is 4.79 Å². The minimum atomic E-state index is -0.358. The van der Waals surface area contributed by atoms with E-state index in [4.69, 9.17) is 9.47 Å². The quantitative estimate of drug-likeness (QED) is 0.780. The monoisotopic (exact) mass is 286 g/mol. The fourth-order valence-electron chi connectivity index (χ4n) is 1.44. The van der Waals surface area contributed by atoms with Crippen molar-refractivity contribution in [2.45, 2.75) is 18.7 Å². The standard InChI is InChI=1S/C12H15BrO3/c1-4-16-10-7-5-6-9(12(10)15-3)11(13)8(2)14/h5-7,11H,4H2,1-3H3. The Morgan fingerprint density at radius 3 is 2.69 bits per heavy atom. The summed E-state index contributed by atoms with van der Waals surface area (Å²) in [6.07, 6.45) is 0. The second-order valence-electron chi connectivity index (χ2n) is 3.28. The fraction of sp³-hybridized carbons (Fsp3) is 0.417. The summed E-state index contributed by atoms with van der Waals surface area (Å²) in [7, 11) is 1.57. The minimum absolute atomic E-state index is 0.0342. The number of Topliss-reactive ketones (excluding diaryl/α,β-unsaturated/α-hetero) is 1. The highest BCUT2D eigenvalue weighted by atomic mass is 79.9. The first-order chi connectivity index (χ1) is 7.61. The molecular formula is C12H15BrO3. The molecule has 88 valence electrons. The molecule has 0 bridgehead atoms. The van der Waals surface area contributed by atoms with Gasteiger partial charge in [-0.15, -0.1) is 0 Å². The third-order valence-corrected chi connectivity index (χ3v) is 3.28. The third-order valence-electron chi connectivity index (χ3n) is 2.14. The summed E-state index contributed by atoms with van der Waals surface area (Å²) in [5, 5.41) is 0. The van der Waals surface area contributed by atoms with E-state index in [1.165, 1.54) is 6.92 Å². The number of hydrogen-bond donors (Lipinski definition) is 0. The lowest BCUT2D eigenvalue weighted by Crippen LogP contribution is -2.05. The molecule has 0 aliphatic rings. The molecule has 0 saturated heterocycles. The SMILES string of the molecule is CCOc1cccc(C(Br)C(C)=O)c1OC. The average Bonchev–Trinajstić information content (AvgIpc) is 2.28. The van der Waals surface area contributed by atoms with Crippen molar-refractivity contribution >= 4 is 21.7 Å². The number of alkyl halides is 1. The maximum Gasteiger partial charge on any atom is 0.165 e. The van der Waals surface area contributed by atoms with Crippen molar-refractivity contribution in [3.8, 4) is 11.5 Å². The summed E-state index contributed by atoms with van der Waals surface area (Å²) in [6, 6.07) is 5.52. The van der Waals surface area contributed by atoms with Gasteiger partial charge in [-0.05, 0) is 19.9 Å². The molecule has 0 aliphatic heterocycles. The summed E-state index contributed by atoms with van der Waals surface area (Å²) < 4.78 is 10.7. The lowest BCUT2D eigenvalue weighted by atomic mass is 10.1. The van der Waals surface area contributed by atoms with Gasteiger partial charge < -0.3 is 9.47 Å². The van der Waals surface area contributed by atoms with Gasteiger partial charge in [0.15, 0.2) is 11.5 Å². The van der Waals surface area contributed by atoms with E-state index in [0.717, 1.165) is 5.56 Å². The number of halogens is 1. The molecule has 0 fully saturated rings. The van der Waals surface area contributed by atoms with Crippen LogP contribution in [0.15, 0.2) is 18.2 Å². The average molecular weight is 287 g/mol. The Kier molecular flexibility index (Phi) is 4.80. The van der Waals surface area contributed by atoms with Gasteiger partial charge in [0, 0.05) is 5.56 Å². The smallest absolute Gasteiger partial charge is 0.165 e. The molecule has 1 unspecified atom stereocenters. The van der Waals surface area contributed by atoms with E-state index >= 15 is 0 Å². The number of hydrogen-bond acceptors (Lipinski definition) is 3. The molecule has 0 heterocycles. The van der Waals surface area contributed by atoms with E-state index in [-0.39, 0.29) is 10.6 Å². The molecular weight excluding hydrogens is 272 g/mol. The van der Waals surface area contributed by atoms with Crippen molar-refractivity contribution in [3.63, 3.8) is 0 Å². The number of benzene rings is 1. The van der Waals surface area contributed by atoms with Crippen LogP contribution in [0.5, 0.6) is 11.5 Å². The van der Waals surface area contributed by atoms with Crippen LogP contribution in [0.4, 0.5) is 0 Å². The molecule has 4 heteroatoms. The van der Waals surface area contributed by atoms with Crippen LogP contribution in [0.2, 0.25) is 0 Å². The Labute approximate surface area is 104 Å². The number of para-hydroxylation sites is 1. The molecule has 0 spiro atoms. The molecule has 3 nitrogen and oxygen atoms in total. The van der Waals surface area contributed by atoms with Gasteiger partial charge in [0.1, 0.15) is 10.6 Å². The normalized spacial score (nSPS) is 12.0. The Balaban J connectivity index is 3.17. The molecule has 0 saturated carbocycles. The summed E-state index contributed by atoms with van der Waals surface area (Å²) in [5.74, 6) is 1.31. The molecule has 1 atom stereocenters. The Bertz CT molecular complexity index is 377. The van der Waals surface area contributed by atoms with Gasteiger partial charge in [0.2, 0.25) is 0 Å². The van der Waals surface area contributed by atoms with Gasteiger partial charge in [-0.2, -0.15) is 0 Å². The zero-order chi connectivity index (χ0) is 12.1. The first kappa shape index (κ1) is 13.0. The van der Waals surface area contributed by atoms with Crippen molar-refractivity contribution in [3.05, 3.63) is 23.8 Å². The van der Waals surface area contributed by atoms with Crippen molar-refractivity contribution in [2.75, 3.05) is 13.7 Å². The van der Waals surface area contributed by atoms with E-state index in [2.05, 4.69) is 15.9 Å². The second-order valence-corrected chi connectivity index (χ2v) is 4.20. The summed E-state index contributed by atoms with van der Waals surface area (Å²) in [6.45, 7) is 4.00. The number of ether oxygens (including phenoxy) is 2. The van der Waals surface area contributed by atoms with Crippen LogP contribution in [0.25, 0.3) is 0 Å². The number of rotatable bonds is 5. The van der Waals surface area contributed by atoms with Gasteiger partial charge >= 0.3 is 0 Å². The highest BCUT2D eigenvalue weighted by molar-refractivity contribution is 9.09. The maximum absolute atomic E-state index is 11.3. The zero-order valence-electron chi connectivity index (χ0n) is 9.62. The summed E-state index contributed by atoms with van der Waals surface area (Å²) in [5.41, 5.74) is 0.793. The molecule has 0 N–H and O–H groups in total. The van der Waals surface area contributed by atoms with E-state index < -0.39 is 0 Å². The van der Waals surface area contributed by atoms with Crippen LogP contribution in [-0.2, 0) is 4.79 Å². The third kappa shape index (κ3) is 2.76. The van der Waals surface area contributed by atoms with Crippen LogP contribution >= 0.6 is 15.9 Å². The van der Waals surface area contributed by atoms with E-state index in [1.54, 1.807) is 7.11 Å². The van der Waals surface area contributed by atoms with Gasteiger partial charge in [0.05, 0.1) is 13.7 Å². The highest BCUT2D eigenvalue weighted by Crippen LogP contribution is 2.38. The predicted octanol–water partition coefficient (Wildman–Crippen LogP) is 3.12. The maximum atomic E-state index is 11.3. The lowest BCUT2D eigenvalue weighted by molar-refractivity contribution is -0.116. The molecule has 1 aromatic rings. The topological polar surface area (TPSA) is 35.5 Å². The Hall–Kier alpha value is -1.03. The molecule has 0 radical (unpaired) electrons. The van der Waals surface area contributed by atoms with Crippen LogP contribution in [0.1, 0.15) is 24.2 Å². The number of carbonyl (C=O) groups is 1. The van der Waals surface area contributed by atoms with Gasteiger partial charge in [0.25, 0.3) is 0 Å². The van der Waals surface area contributed by atoms with Crippen LogP contribution in [0, 0.1) is 0 Å². The predicted molar refractivity (Wildman–Crippen MR) is 66.5 cm³/mol. The second kappa shape index (κ2) is 5.89. The van der Waals surface area contributed by atoms with Crippen molar-refractivity contribution < 1.29 is 14.3 Å². The first-order valence-electron chi connectivity index (χ1n) is 5.06. The summed E-state index contributed by atoms with van der Waals surface area (Å²) >= 11 is 3.34. The molecule has 0 aliphatic carbocycles. The van der Waals surface area contributed by atoms with Gasteiger partial charge in [-0.25, -0.2) is 0 Å². The first-order valence-corrected chi connectivity index (χ1v) is 5.97. The van der Waals surface area contributed by atoms with Crippen LogP contribution in [0.3, 0.4) is 0 Å². The minimum Gasteiger partial charge on any atom is -0.493 e. The number of carbonyl (C=O) groups excluding carboxylic acids is 1. The molecule has 1 rings (SSSR count). The van der Waals surface area contributed by atoms with Gasteiger partial charge in [-0.1, -0.05) is 28.1 Å². The van der Waals surface area contributed by atoms with E-state index in [1.807, 2.05) is 25.1 Å². The fourth-order valence-corrected chi connectivity index (χ4v) is 1.80. The highest BCUT2D eigenvalue weighted by Gasteiger charge is 2.20. The Morgan fingerprint density at radius 2 is 2.19 bits per heavy atom.